The molecular formula is C26H28F3N5O. The Morgan fingerprint density at radius 1 is 1.03 bits per heavy atom. The van der Waals surface area contributed by atoms with Crippen LogP contribution in [0.4, 0.5) is 13.2 Å². The van der Waals surface area contributed by atoms with Gasteiger partial charge in [-0.15, -0.1) is 0 Å². The molecule has 1 saturated heterocycles. The summed E-state index contributed by atoms with van der Waals surface area (Å²) >= 11 is 0. The second-order valence-corrected chi connectivity index (χ2v) is 11.3. The molecule has 2 bridgehead atoms. The molecule has 0 unspecified atom stereocenters. The van der Waals surface area contributed by atoms with Gasteiger partial charge in [-0.25, -0.2) is 9.97 Å². The third kappa shape index (κ3) is 3.19. The standard InChI is InChI=1S/C26H28F3N5O/c1-14-15(2)32-22-20(31-14)8-19(33-23(22)24-11-25(12-24,13-24)26(27,28)29)16-5-6-35-21(7-16)17-9-30-34(10-17)18-3-4-18/h8-10,16,18,21H,3-7,11-13H2,1-2H3/t16-,21+,24?,25?/m1/s1. The normalized spacial score (nSPS) is 32.4. The van der Waals surface area contributed by atoms with Gasteiger partial charge in [-0.2, -0.15) is 18.3 Å². The smallest absolute Gasteiger partial charge is 0.373 e. The quantitative estimate of drug-likeness (QED) is 0.470. The summed E-state index contributed by atoms with van der Waals surface area (Å²) in [5.74, 6) is 0.147. The summed E-state index contributed by atoms with van der Waals surface area (Å²) < 4.78 is 48.9. The van der Waals surface area contributed by atoms with Gasteiger partial charge in [-0.1, -0.05) is 0 Å². The van der Waals surface area contributed by atoms with E-state index in [1.807, 2.05) is 30.8 Å². The number of ether oxygens (including phenoxy) is 1. The second kappa shape index (κ2) is 7.02. The van der Waals surface area contributed by atoms with Crippen molar-refractivity contribution in [2.45, 2.75) is 88.4 Å². The van der Waals surface area contributed by atoms with Crippen molar-refractivity contribution in [1.29, 1.82) is 0 Å². The Bertz CT molecular complexity index is 1320. The van der Waals surface area contributed by atoms with Gasteiger partial charge in [0.1, 0.15) is 5.52 Å². The minimum Gasteiger partial charge on any atom is -0.373 e. The molecule has 0 radical (unpaired) electrons. The zero-order valence-electron chi connectivity index (χ0n) is 19.9. The lowest BCUT2D eigenvalue weighted by atomic mass is 9.34. The summed E-state index contributed by atoms with van der Waals surface area (Å²) in [7, 11) is 0. The average Bonchev–Trinajstić information content (AvgIpc) is 3.48. The highest BCUT2D eigenvalue weighted by Crippen LogP contribution is 2.78. The number of hydrogen-bond donors (Lipinski definition) is 0. The first-order valence-electron chi connectivity index (χ1n) is 12.6. The van der Waals surface area contributed by atoms with E-state index in [1.165, 1.54) is 12.8 Å². The zero-order chi connectivity index (χ0) is 24.2. The summed E-state index contributed by atoms with van der Waals surface area (Å²) in [5, 5.41) is 4.52. The maximum Gasteiger partial charge on any atom is 0.394 e. The van der Waals surface area contributed by atoms with E-state index < -0.39 is 17.0 Å². The molecule has 1 aliphatic heterocycles. The highest BCUT2D eigenvalue weighted by molar-refractivity contribution is 5.79. The highest BCUT2D eigenvalue weighted by atomic mass is 19.4. The van der Waals surface area contributed by atoms with E-state index in [4.69, 9.17) is 19.7 Å². The molecule has 8 rings (SSSR count). The van der Waals surface area contributed by atoms with Crippen molar-refractivity contribution in [1.82, 2.24) is 24.7 Å². The van der Waals surface area contributed by atoms with E-state index in [0.29, 0.717) is 18.2 Å². The van der Waals surface area contributed by atoms with Crippen LogP contribution in [0.1, 0.15) is 91.3 Å². The fraction of sp³-hybridized carbons (Fsp3) is 0.615. The Morgan fingerprint density at radius 2 is 1.77 bits per heavy atom. The number of fused-ring (bicyclic) bond motifs is 1. The summed E-state index contributed by atoms with van der Waals surface area (Å²) in [5.41, 5.74) is 3.68. The predicted molar refractivity (Wildman–Crippen MR) is 122 cm³/mol. The van der Waals surface area contributed by atoms with E-state index in [2.05, 4.69) is 11.3 Å². The molecule has 3 aromatic heterocycles. The predicted octanol–water partition coefficient (Wildman–Crippen LogP) is 5.79. The number of halogens is 3. The lowest BCUT2D eigenvalue weighted by Crippen LogP contribution is -2.70. The van der Waals surface area contributed by atoms with E-state index in [1.54, 1.807) is 0 Å². The van der Waals surface area contributed by atoms with Crippen LogP contribution in [0.3, 0.4) is 0 Å². The third-order valence-corrected chi connectivity index (χ3v) is 8.83. The van der Waals surface area contributed by atoms with Gasteiger partial charge in [0.05, 0.1) is 46.4 Å². The molecule has 2 atom stereocenters. The Morgan fingerprint density at radius 3 is 2.49 bits per heavy atom. The largest absolute Gasteiger partial charge is 0.394 e. The van der Waals surface area contributed by atoms with Gasteiger partial charge < -0.3 is 4.74 Å². The van der Waals surface area contributed by atoms with Gasteiger partial charge in [0, 0.05) is 35.4 Å². The molecule has 35 heavy (non-hydrogen) atoms. The van der Waals surface area contributed by atoms with Crippen LogP contribution in [-0.2, 0) is 10.2 Å². The van der Waals surface area contributed by atoms with Gasteiger partial charge in [0.2, 0.25) is 0 Å². The van der Waals surface area contributed by atoms with Crippen molar-refractivity contribution < 1.29 is 17.9 Å². The number of rotatable bonds is 4. The fourth-order valence-electron chi connectivity index (χ4n) is 6.52. The van der Waals surface area contributed by atoms with Crippen molar-refractivity contribution in [2.24, 2.45) is 5.41 Å². The van der Waals surface area contributed by atoms with E-state index in [9.17, 15) is 13.2 Å². The molecule has 4 aliphatic carbocycles. The second-order valence-electron chi connectivity index (χ2n) is 11.3. The number of aromatic nitrogens is 5. The van der Waals surface area contributed by atoms with Gasteiger partial charge in [-0.3, -0.25) is 9.67 Å². The summed E-state index contributed by atoms with van der Waals surface area (Å²) in [6.45, 7) is 4.42. The molecule has 3 aromatic rings. The number of hydrogen-bond acceptors (Lipinski definition) is 5. The molecule has 4 saturated carbocycles. The molecule has 0 amide bonds. The molecule has 5 fully saturated rings. The number of pyridine rings is 1. The van der Waals surface area contributed by atoms with Gasteiger partial charge >= 0.3 is 6.18 Å². The van der Waals surface area contributed by atoms with E-state index in [0.717, 1.165) is 46.7 Å². The van der Waals surface area contributed by atoms with E-state index in [-0.39, 0.29) is 31.3 Å². The SMILES string of the molecule is Cc1nc2cc([C@@H]3CCO[C@H](c4cnn(C5CC5)c4)C3)nc(C34CC(C(F)(F)F)(C3)C4)c2nc1C. The van der Waals surface area contributed by atoms with Gasteiger partial charge in [0.15, 0.2) is 0 Å². The maximum absolute atomic E-state index is 13.6. The van der Waals surface area contributed by atoms with Crippen LogP contribution < -0.4 is 0 Å². The van der Waals surface area contributed by atoms with Crippen LogP contribution in [0.2, 0.25) is 0 Å². The molecule has 0 N–H and O–H groups in total. The monoisotopic (exact) mass is 483 g/mol. The van der Waals surface area contributed by atoms with Crippen molar-refractivity contribution in [3.05, 3.63) is 46.8 Å². The first-order chi connectivity index (χ1) is 16.7. The van der Waals surface area contributed by atoms with Crippen LogP contribution in [-0.4, -0.2) is 37.5 Å². The van der Waals surface area contributed by atoms with Crippen molar-refractivity contribution in [2.75, 3.05) is 6.61 Å². The molecule has 5 aliphatic rings. The molecule has 0 aromatic carbocycles. The van der Waals surface area contributed by atoms with Crippen molar-refractivity contribution in [3.8, 4) is 0 Å². The third-order valence-electron chi connectivity index (χ3n) is 8.83. The Hall–Kier alpha value is -2.55. The Labute approximate surface area is 201 Å². The number of alkyl halides is 3. The van der Waals surface area contributed by atoms with Gasteiger partial charge in [0.25, 0.3) is 0 Å². The highest BCUT2D eigenvalue weighted by Gasteiger charge is 2.79. The Balaban J connectivity index is 1.24. The van der Waals surface area contributed by atoms with E-state index >= 15 is 0 Å². The van der Waals surface area contributed by atoms with Gasteiger partial charge in [-0.05, 0) is 64.9 Å². The van der Waals surface area contributed by atoms with Crippen LogP contribution in [0.15, 0.2) is 18.5 Å². The van der Waals surface area contributed by atoms with Crippen LogP contribution >= 0.6 is 0 Å². The lowest BCUT2D eigenvalue weighted by Gasteiger charge is -2.70. The van der Waals surface area contributed by atoms with Crippen LogP contribution in [0.25, 0.3) is 11.0 Å². The first kappa shape index (κ1) is 21.7. The van der Waals surface area contributed by atoms with Crippen molar-refractivity contribution >= 4 is 11.0 Å². The topological polar surface area (TPSA) is 65.7 Å². The Kier molecular flexibility index (Phi) is 4.35. The summed E-state index contributed by atoms with van der Waals surface area (Å²) in [6.07, 6.45) is 4.07. The minimum absolute atomic E-state index is 0.0588. The summed E-state index contributed by atoms with van der Waals surface area (Å²) in [4.78, 5) is 14.6. The first-order valence-corrected chi connectivity index (χ1v) is 12.6. The molecule has 9 heteroatoms. The number of aryl methyl sites for hydroxylation is 2. The molecule has 0 spiro atoms. The minimum atomic E-state index is -4.15. The molecule has 4 heterocycles. The van der Waals surface area contributed by atoms with Crippen LogP contribution in [0, 0.1) is 19.3 Å². The average molecular weight is 484 g/mol. The van der Waals surface area contributed by atoms with Crippen molar-refractivity contribution in [3.63, 3.8) is 0 Å². The number of nitrogens with zero attached hydrogens (tertiary/aromatic N) is 5. The molecule has 6 nitrogen and oxygen atoms in total. The molecule has 184 valence electrons. The van der Waals surface area contributed by atoms with Crippen LogP contribution in [0.5, 0.6) is 0 Å². The zero-order valence-corrected chi connectivity index (χ0v) is 19.9. The summed E-state index contributed by atoms with van der Waals surface area (Å²) in [6, 6.07) is 2.52. The lowest BCUT2D eigenvalue weighted by molar-refractivity contribution is -0.337. The maximum atomic E-state index is 13.6. The molecular weight excluding hydrogens is 455 g/mol. The fourth-order valence-corrected chi connectivity index (χ4v) is 6.52.